The number of aromatic nitrogens is 2. The molecule has 1 heterocycles. The molecule has 0 spiro atoms. The van der Waals surface area contributed by atoms with Crippen LogP contribution in [0.15, 0.2) is 52.9 Å². The summed E-state index contributed by atoms with van der Waals surface area (Å²) in [6.07, 6.45) is 5.30. The highest BCUT2D eigenvalue weighted by atomic mass is 35.5. The number of rotatable bonds is 10. The van der Waals surface area contributed by atoms with Gasteiger partial charge in [0.2, 0.25) is 0 Å². The molecule has 1 N–H and O–H groups in total. The fourth-order valence-corrected chi connectivity index (χ4v) is 5.11. The molecule has 2 aromatic carbocycles. The predicted molar refractivity (Wildman–Crippen MR) is 137 cm³/mol. The molecule has 4 rings (SSSR count). The molecule has 0 saturated heterocycles. The molecule has 1 atom stereocenters. The Kier molecular flexibility index (Phi) is 8.50. The van der Waals surface area contributed by atoms with Gasteiger partial charge >= 0.3 is 0 Å². The number of halogens is 2. The summed E-state index contributed by atoms with van der Waals surface area (Å²) < 4.78 is 12.6. The fraction of sp³-hybridized carbons (Fsp3) is 0.481. The molecule has 1 unspecified atom stereocenters. The van der Waals surface area contributed by atoms with E-state index < -0.39 is 5.60 Å². The zero-order valence-electron chi connectivity index (χ0n) is 20.4. The SMILES string of the molecule is C[N+](C)(CCOCc1ccc(Cl)c(Cl)c1)Cc1nnc(C(O)(c2ccccc2)C2CCCCC2)o1. The maximum absolute atomic E-state index is 12.0. The van der Waals surface area contributed by atoms with E-state index in [0.717, 1.165) is 43.4 Å². The molecule has 0 radical (unpaired) electrons. The summed E-state index contributed by atoms with van der Waals surface area (Å²) in [6, 6.07) is 15.2. The number of hydrogen-bond donors (Lipinski definition) is 1. The Labute approximate surface area is 217 Å². The Morgan fingerprint density at radius 2 is 1.77 bits per heavy atom. The van der Waals surface area contributed by atoms with Gasteiger partial charge in [-0.15, -0.1) is 10.2 Å². The molecule has 1 aromatic heterocycles. The Bertz CT molecular complexity index is 1100. The van der Waals surface area contributed by atoms with Crippen molar-refractivity contribution in [1.82, 2.24) is 10.2 Å². The van der Waals surface area contributed by atoms with Crippen molar-refractivity contribution < 1.29 is 18.7 Å². The zero-order chi connectivity index (χ0) is 24.9. The lowest BCUT2D eigenvalue weighted by Crippen LogP contribution is -2.41. The topological polar surface area (TPSA) is 68.4 Å². The molecule has 6 nitrogen and oxygen atoms in total. The predicted octanol–water partition coefficient (Wildman–Crippen LogP) is 5.99. The Balaban J connectivity index is 1.40. The summed E-state index contributed by atoms with van der Waals surface area (Å²) in [5.74, 6) is 0.866. The number of benzene rings is 2. The van der Waals surface area contributed by atoms with E-state index in [2.05, 4.69) is 24.3 Å². The van der Waals surface area contributed by atoms with E-state index in [4.69, 9.17) is 32.4 Å². The van der Waals surface area contributed by atoms with Gasteiger partial charge in [-0.2, -0.15) is 0 Å². The number of aliphatic hydroxyl groups is 1. The first-order valence-electron chi connectivity index (χ1n) is 12.2. The van der Waals surface area contributed by atoms with Crippen LogP contribution in [0.5, 0.6) is 0 Å². The summed E-state index contributed by atoms with van der Waals surface area (Å²) in [6.45, 7) is 2.32. The molecule has 8 heteroatoms. The van der Waals surface area contributed by atoms with Crippen LogP contribution < -0.4 is 0 Å². The van der Waals surface area contributed by atoms with Crippen molar-refractivity contribution in [2.24, 2.45) is 5.92 Å². The summed E-state index contributed by atoms with van der Waals surface area (Å²) in [5, 5.41) is 21.7. The van der Waals surface area contributed by atoms with Gasteiger partial charge in [0.05, 0.1) is 37.4 Å². The number of quaternary nitrogens is 1. The van der Waals surface area contributed by atoms with Crippen LogP contribution in [0.2, 0.25) is 10.0 Å². The zero-order valence-corrected chi connectivity index (χ0v) is 21.9. The van der Waals surface area contributed by atoms with Gasteiger partial charge < -0.3 is 18.7 Å². The molecular formula is C27H34Cl2N3O3+. The Morgan fingerprint density at radius 3 is 2.49 bits per heavy atom. The van der Waals surface area contributed by atoms with Crippen LogP contribution >= 0.6 is 23.2 Å². The molecule has 35 heavy (non-hydrogen) atoms. The lowest BCUT2D eigenvalue weighted by Gasteiger charge is -2.36. The van der Waals surface area contributed by atoms with E-state index >= 15 is 0 Å². The second-order valence-corrected chi connectivity index (χ2v) is 10.9. The van der Waals surface area contributed by atoms with Crippen molar-refractivity contribution in [2.45, 2.75) is 50.9 Å². The minimum atomic E-state index is -1.27. The summed E-state index contributed by atoms with van der Waals surface area (Å²) in [5.41, 5.74) is 0.522. The molecule has 3 aromatic rings. The van der Waals surface area contributed by atoms with Gasteiger partial charge in [-0.3, -0.25) is 0 Å². The maximum atomic E-state index is 12.0. The Morgan fingerprint density at radius 1 is 1.03 bits per heavy atom. The van der Waals surface area contributed by atoms with E-state index in [1.807, 2.05) is 42.5 Å². The smallest absolute Gasteiger partial charge is 0.271 e. The number of nitrogens with zero attached hydrogens (tertiary/aromatic N) is 3. The van der Waals surface area contributed by atoms with E-state index in [-0.39, 0.29) is 5.92 Å². The van der Waals surface area contributed by atoms with Crippen LogP contribution in [0.1, 0.15) is 55.0 Å². The summed E-state index contributed by atoms with van der Waals surface area (Å²) >= 11 is 12.1. The third-order valence-electron chi connectivity index (χ3n) is 6.86. The van der Waals surface area contributed by atoms with E-state index in [1.165, 1.54) is 6.42 Å². The first-order valence-corrected chi connectivity index (χ1v) is 13.0. The van der Waals surface area contributed by atoms with Crippen LogP contribution in [0.3, 0.4) is 0 Å². The van der Waals surface area contributed by atoms with Gasteiger partial charge in [0.25, 0.3) is 11.8 Å². The van der Waals surface area contributed by atoms with Crippen LogP contribution in [-0.2, 0) is 23.5 Å². The molecule has 1 saturated carbocycles. The monoisotopic (exact) mass is 518 g/mol. The summed E-state index contributed by atoms with van der Waals surface area (Å²) in [4.78, 5) is 0. The highest BCUT2D eigenvalue weighted by Gasteiger charge is 2.45. The van der Waals surface area contributed by atoms with Crippen molar-refractivity contribution in [3.63, 3.8) is 0 Å². The van der Waals surface area contributed by atoms with E-state index in [1.54, 1.807) is 6.07 Å². The molecule has 188 valence electrons. The van der Waals surface area contributed by atoms with Crippen molar-refractivity contribution in [3.05, 3.63) is 81.5 Å². The summed E-state index contributed by atoms with van der Waals surface area (Å²) in [7, 11) is 4.19. The van der Waals surface area contributed by atoms with Crippen molar-refractivity contribution in [1.29, 1.82) is 0 Å². The van der Waals surface area contributed by atoms with Crippen molar-refractivity contribution in [2.75, 3.05) is 27.2 Å². The largest absolute Gasteiger partial charge is 0.416 e. The number of ether oxygens (including phenoxy) is 1. The van der Waals surface area contributed by atoms with Gasteiger partial charge in [-0.1, -0.05) is 78.9 Å². The molecule has 1 aliphatic rings. The standard InChI is InChI=1S/C27H34Cl2N3O3/c1-32(2,15-16-34-19-20-13-14-23(28)24(29)17-20)18-25-30-31-26(35-25)27(33,21-9-5-3-6-10-21)22-11-7-4-8-12-22/h3,5-6,9-10,13-14,17,22,33H,4,7-8,11-12,15-16,18-19H2,1-2H3/q+1. The molecule has 0 bridgehead atoms. The van der Waals surface area contributed by atoms with Gasteiger partial charge in [0.15, 0.2) is 12.1 Å². The maximum Gasteiger partial charge on any atom is 0.271 e. The van der Waals surface area contributed by atoms with Gasteiger partial charge in [0, 0.05) is 5.92 Å². The fourth-order valence-electron chi connectivity index (χ4n) is 4.79. The molecule has 1 aliphatic carbocycles. The second kappa shape index (κ2) is 11.4. The lowest BCUT2D eigenvalue weighted by atomic mass is 9.73. The number of hydrogen-bond acceptors (Lipinski definition) is 5. The Hall–Kier alpha value is -1.96. The van der Waals surface area contributed by atoms with Crippen LogP contribution in [-0.4, -0.2) is 47.0 Å². The third-order valence-corrected chi connectivity index (χ3v) is 7.60. The third kappa shape index (κ3) is 6.43. The first kappa shape index (κ1) is 26.1. The van der Waals surface area contributed by atoms with E-state index in [9.17, 15) is 5.11 Å². The van der Waals surface area contributed by atoms with Gasteiger partial charge in [0.1, 0.15) is 6.54 Å². The second-order valence-electron chi connectivity index (χ2n) is 10.1. The molecule has 0 amide bonds. The molecule has 1 fully saturated rings. The average Bonchev–Trinajstić information content (AvgIpc) is 3.33. The quantitative estimate of drug-likeness (QED) is 0.264. The van der Waals surface area contributed by atoms with E-state index in [0.29, 0.717) is 46.1 Å². The lowest BCUT2D eigenvalue weighted by molar-refractivity contribution is -0.905. The van der Waals surface area contributed by atoms with Crippen LogP contribution in [0.4, 0.5) is 0 Å². The molecular weight excluding hydrogens is 485 g/mol. The number of likely N-dealkylation sites (N-methyl/N-ethyl adjacent to an activating group) is 1. The highest BCUT2D eigenvalue weighted by Crippen LogP contribution is 2.43. The normalized spacial score (nSPS) is 16.8. The molecule has 0 aliphatic heterocycles. The average molecular weight is 519 g/mol. The van der Waals surface area contributed by atoms with Crippen LogP contribution in [0, 0.1) is 5.92 Å². The minimum Gasteiger partial charge on any atom is -0.416 e. The first-order chi connectivity index (χ1) is 16.8. The van der Waals surface area contributed by atoms with Crippen molar-refractivity contribution >= 4 is 23.2 Å². The van der Waals surface area contributed by atoms with Crippen LogP contribution in [0.25, 0.3) is 0 Å². The minimum absolute atomic E-state index is 0.0595. The van der Waals surface area contributed by atoms with Crippen molar-refractivity contribution in [3.8, 4) is 0 Å². The van der Waals surface area contributed by atoms with Gasteiger partial charge in [-0.25, -0.2) is 0 Å². The van der Waals surface area contributed by atoms with Gasteiger partial charge in [-0.05, 0) is 36.1 Å². The highest BCUT2D eigenvalue weighted by molar-refractivity contribution is 6.42.